The maximum atomic E-state index is 11.9. The first-order valence-electron chi connectivity index (χ1n) is 6.84. The normalized spacial score (nSPS) is 17.4. The number of nitrogens with zero attached hydrogens (tertiary/aromatic N) is 1. The Morgan fingerprint density at radius 2 is 1.80 bits per heavy atom. The molecule has 0 unspecified atom stereocenters. The minimum Gasteiger partial charge on any atom is -0.385 e. The molecule has 0 saturated carbocycles. The van der Waals surface area contributed by atoms with Crippen molar-refractivity contribution in [3.8, 4) is 0 Å². The van der Waals surface area contributed by atoms with Crippen LogP contribution in [0.25, 0.3) is 0 Å². The number of rotatable bonds is 5. The number of nitrogens with one attached hydrogen (secondary N) is 1. The smallest absolute Gasteiger partial charge is 0.242 e. The van der Waals surface area contributed by atoms with Gasteiger partial charge in [0.1, 0.15) is 0 Å². The second kappa shape index (κ2) is 6.56. The maximum absolute atomic E-state index is 11.9. The fourth-order valence-electron chi connectivity index (χ4n) is 2.17. The summed E-state index contributed by atoms with van der Waals surface area (Å²) in [6.07, 6.45) is 2.17. The molecule has 0 atom stereocenters. The summed E-state index contributed by atoms with van der Waals surface area (Å²) in [5, 5.41) is 3.36. The van der Waals surface area contributed by atoms with Crippen molar-refractivity contribution in [3.63, 3.8) is 0 Å². The number of anilines is 1. The topological polar surface area (TPSA) is 58.6 Å². The first-order chi connectivity index (χ1) is 9.50. The molecule has 5 nitrogen and oxygen atoms in total. The number of hydrogen-bond donors (Lipinski definition) is 1. The maximum Gasteiger partial charge on any atom is 0.242 e. The van der Waals surface area contributed by atoms with Crippen LogP contribution in [0.4, 0.5) is 5.69 Å². The van der Waals surface area contributed by atoms with Gasteiger partial charge in [-0.1, -0.05) is 0 Å². The molecule has 112 valence electrons. The summed E-state index contributed by atoms with van der Waals surface area (Å²) in [6, 6.07) is 6.91. The third-order valence-electron chi connectivity index (χ3n) is 3.57. The summed E-state index contributed by atoms with van der Waals surface area (Å²) in [5.74, 6) is 0.633. The van der Waals surface area contributed by atoms with Crippen LogP contribution in [0.5, 0.6) is 0 Å². The standard InChI is InChI=1S/C14H22N2O3S/c1-16(2)20(17,18)14-5-3-13(4-6-14)15-11-12-7-9-19-10-8-12/h3-6,12,15H,7-11H2,1-2H3. The number of benzene rings is 1. The number of ether oxygens (including phenoxy) is 1. The highest BCUT2D eigenvalue weighted by Crippen LogP contribution is 2.19. The molecule has 0 bridgehead atoms. The van der Waals surface area contributed by atoms with Crippen LogP contribution in [0, 0.1) is 5.92 Å². The van der Waals surface area contributed by atoms with E-state index in [0.29, 0.717) is 10.8 Å². The van der Waals surface area contributed by atoms with Crippen molar-refractivity contribution < 1.29 is 13.2 Å². The molecule has 1 aromatic carbocycles. The average molecular weight is 298 g/mol. The first kappa shape index (κ1) is 15.3. The Morgan fingerprint density at radius 1 is 1.20 bits per heavy atom. The molecule has 1 aliphatic heterocycles. The Kier molecular flexibility index (Phi) is 5.01. The lowest BCUT2D eigenvalue weighted by Gasteiger charge is -2.22. The number of sulfonamides is 1. The van der Waals surface area contributed by atoms with E-state index in [4.69, 9.17) is 4.74 Å². The lowest BCUT2D eigenvalue weighted by Crippen LogP contribution is -2.23. The quantitative estimate of drug-likeness (QED) is 0.900. The zero-order chi connectivity index (χ0) is 14.6. The van der Waals surface area contributed by atoms with Gasteiger partial charge in [-0.15, -0.1) is 0 Å². The van der Waals surface area contributed by atoms with Gasteiger partial charge in [0.05, 0.1) is 4.90 Å². The summed E-state index contributed by atoms with van der Waals surface area (Å²) >= 11 is 0. The van der Waals surface area contributed by atoms with Crippen LogP contribution in [0.3, 0.4) is 0 Å². The van der Waals surface area contributed by atoms with E-state index in [-0.39, 0.29) is 0 Å². The van der Waals surface area contributed by atoms with Gasteiger partial charge >= 0.3 is 0 Å². The minimum absolute atomic E-state index is 0.319. The van der Waals surface area contributed by atoms with Crippen molar-refractivity contribution in [1.82, 2.24) is 4.31 Å². The molecule has 1 aliphatic rings. The van der Waals surface area contributed by atoms with E-state index in [2.05, 4.69) is 5.32 Å². The van der Waals surface area contributed by atoms with Gasteiger partial charge in [-0.05, 0) is 43.0 Å². The Balaban J connectivity index is 1.94. The highest BCUT2D eigenvalue weighted by molar-refractivity contribution is 7.89. The highest BCUT2D eigenvalue weighted by atomic mass is 32.2. The number of hydrogen-bond acceptors (Lipinski definition) is 4. The molecule has 0 radical (unpaired) electrons. The zero-order valence-corrected chi connectivity index (χ0v) is 12.8. The molecule has 1 fully saturated rings. The summed E-state index contributed by atoms with van der Waals surface area (Å²) in [5.41, 5.74) is 0.953. The molecule has 1 N–H and O–H groups in total. The van der Waals surface area contributed by atoms with E-state index in [1.165, 1.54) is 18.4 Å². The van der Waals surface area contributed by atoms with Crippen LogP contribution in [0.1, 0.15) is 12.8 Å². The third kappa shape index (κ3) is 3.71. The van der Waals surface area contributed by atoms with E-state index in [9.17, 15) is 8.42 Å². The fourth-order valence-corrected chi connectivity index (χ4v) is 3.07. The van der Waals surface area contributed by atoms with E-state index >= 15 is 0 Å². The van der Waals surface area contributed by atoms with Crippen molar-refractivity contribution >= 4 is 15.7 Å². The summed E-state index contributed by atoms with van der Waals surface area (Å²) in [6.45, 7) is 2.59. The monoisotopic (exact) mass is 298 g/mol. The molecule has 6 heteroatoms. The Labute approximate surface area is 121 Å². The summed E-state index contributed by atoms with van der Waals surface area (Å²) in [4.78, 5) is 0.319. The molecule has 0 aliphatic carbocycles. The molecular formula is C14H22N2O3S. The minimum atomic E-state index is -3.34. The Bertz CT molecular complexity index is 520. The van der Waals surface area contributed by atoms with Crippen molar-refractivity contribution in [2.45, 2.75) is 17.7 Å². The van der Waals surface area contributed by atoms with Crippen molar-refractivity contribution in [1.29, 1.82) is 0 Å². The lowest BCUT2D eigenvalue weighted by atomic mass is 10.0. The van der Waals surface area contributed by atoms with Gasteiger partial charge in [0.25, 0.3) is 0 Å². The predicted octanol–water partition coefficient (Wildman–Crippen LogP) is 1.78. The van der Waals surface area contributed by atoms with Gasteiger partial charge in [-0.3, -0.25) is 0 Å². The van der Waals surface area contributed by atoms with Crippen LogP contribution < -0.4 is 5.32 Å². The van der Waals surface area contributed by atoms with Gasteiger partial charge in [-0.2, -0.15) is 0 Å². The van der Waals surface area contributed by atoms with E-state index < -0.39 is 10.0 Å². The molecule has 1 aromatic rings. The van der Waals surface area contributed by atoms with Gasteiger partial charge < -0.3 is 10.1 Å². The van der Waals surface area contributed by atoms with Crippen molar-refractivity contribution in [2.24, 2.45) is 5.92 Å². The van der Waals surface area contributed by atoms with Crippen LogP contribution >= 0.6 is 0 Å². The van der Waals surface area contributed by atoms with Gasteiger partial charge in [0.15, 0.2) is 0 Å². The molecule has 20 heavy (non-hydrogen) atoms. The molecular weight excluding hydrogens is 276 g/mol. The molecule has 0 spiro atoms. The van der Waals surface area contributed by atoms with Gasteiger partial charge in [0, 0.05) is 39.5 Å². The summed E-state index contributed by atoms with van der Waals surface area (Å²) < 4.78 is 30.4. The van der Waals surface area contributed by atoms with E-state index in [1.807, 2.05) is 12.1 Å². The van der Waals surface area contributed by atoms with Crippen molar-refractivity contribution in [3.05, 3.63) is 24.3 Å². The summed E-state index contributed by atoms with van der Waals surface area (Å²) in [7, 11) is -0.271. The predicted molar refractivity (Wildman–Crippen MR) is 79.3 cm³/mol. The fraction of sp³-hybridized carbons (Fsp3) is 0.571. The SMILES string of the molecule is CN(C)S(=O)(=O)c1ccc(NCC2CCOCC2)cc1. The van der Waals surface area contributed by atoms with E-state index in [0.717, 1.165) is 38.3 Å². The highest BCUT2D eigenvalue weighted by Gasteiger charge is 2.17. The van der Waals surface area contributed by atoms with Gasteiger partial charge in [-0.25, -0.2) is 12.7 Å². The largest absolute Gasteiger partial charge is 0.385 e. The molecule has 1 heterocycles. The Morgan fingerprint density at radius 3 is 2.35 bits per heavy atom. The molecule has 1 saturated heterocycles. The van der Waals surface area contributed by atoms with Crippen LogP contribution in [-0.2, 0) is 14.8 Å². The second-order valence-electron chi connectivity index (χ2n) is 5.25. The zero-order valence-electron chi connectivity index (χ0n) is 12.0. The molecule has 0 aromatic heterocycles. The van der Waals surface area contributed by atoms with Crippen LogP contribution in [0.15, 0.2) is 29.2 Å². The van der Waals surface area contributed by atoms with Crippen molar-refractivity contribution in [2.75, 3.05) is 39.2 Å². The first-order valence-corrected chi connectivity index (χ1v) is 8.28. The van der Waals surface area contributed by atoms with E-state index in [1.54, 1.807) is 12.1 Å². The van der Waals surface area contributed by atoms with Crippen LogP contribution in [-0.4, -0.2) is 46.6 Å². The molecule has 2 rings (SSSR count). The lowest BCUT2D eigenvalue weighted by molar-refractivity contribution is 0.0699. The second-order valence-corrected chi connectivity index (χ2v) is 7.40. The average Bonchev–Trinajstić information content (AvgIpc) is 2.46. The Hall–Kier alpha value is -1.11. The van der Waals surface area contributed by atoms with Crippen LogP contribution in [0.2, 0.25) is 0 Å². The molecule has 0 amide bonds. The third-order valence-corrected chi connectivity index (χ3v) is 5.40. The van der Waals surface area contributed by atoms with Gasteiger partial charge in [0.2, 0.25) is 10.0 Å².